The first kappa shape index (κ1) is 19.8. The Morgan fingerprint density at radius 1 is 0.759 bits per heavy atom. The first-order valence-corrected chi connectivity index (χ1v) is 9.13. The summed E-state index contributed by atoms with van der Waals surface area (Å²) < 4.78 is 0. The van der Waals surface area contributed by atoms with Gasteiger partial charge in [-0.1, -0.05) is 42.5 Å². The van der Waals surface area contributed by atoms with Crippen molar-refractivity contribution in [1.82, 2.24) is 5.32 Å². The molecule has 0 aliphatic carbocycles. The van der Waals surface area contributed by atoms with Crippen LogP contribution < -0.4 is 16.0 Å². The summed E-state index contributed by atoms with van der Waals surface area (Å²) in [5.74, 6) is -0.748. The van der Waals surface area contributed by atoms with E-state index >= 15 is 0 Å². The monoisotopic (exact) mass is 387 g/mol. The standard InChI is InChI=1S/C23H21N3O3/c1-16(27)25-19-11-7-8-17(14-19)15-24-23(29)20-12-5-6-13-21(20)26-22(28)18-9-3-2-4-10-18/h2-14H,15H2,1H3,(H,24,29)(H,25,27)(H,26,28). The fourth-order valence-electron chi connectivity index (χ4n) is 2.81. The van der Waals surface area contributed by atoms with E-state index in [9.17, 15) is 14.4 Å². The van der Waals surface area contributed by atoms with Gasteiger partial charge in [-0.3, -0.25) is 14.4 Å². The molecule has 146 valence electrons. The molecule has 6 nitrogen and oxygen atoms in total. The van der Waals surface area contributed by atoms with Crippen LogP contribution in [0.5, 0.6) is 0 Å². The second kappa shape index (κ2) is 9.32. The molecule has 29 heavy (non-hydrogen) atoms. The first-order valence-electron chi connectivity index (χ1n) is 9.13. The van der Waals surface area contributed by atoms with Crippen LogP contribution in [0.1, 0.15) is 33.2 Å². The predicted molar refractivity (Wildman–Crippen MR) is 113 cm³/mol. The average Bonchev–Trinajstić information content (AvgIpc) is 2.73. The van der Waals surface area contributed by atoms with Crippen molar-refractivity contribution in [1.29, 1.82) is 0 Å². The largest absolute Gasteiger partial charge is 0.348 e. The van der Waals surface area contributed by atoms with Crippen molar-refractivity contribution in [3.05, 3.63) is 95.6 Å². The molecule has 0 atom stereocenters. The lowest BCUT2D eigenvalue weighted by Crippen LogP contribution is -2.25. The molecule has 0 fully saturated rings. The summed E-state index contributed by atoms with van der Waals surface area (Å²) in [7, 11) is 0. The van der Waals surface area contributed by atoms with Gasteiger partial charge in [0.1, 0.15) is 0 Å². The van der Waals surface area contributed by atoms with Crippen LogP contribution >= 0.6 is 0 Å². The second-order valence-electron chi connectivity index (χ2n) is 6.43. The molecule has 0 aromatic heterocycles. The number of nitrogens with one attached hydrogen (secondary N) is 3. The summed E-state index contributed by atoms with van der Waals surface area (Å²) in [4.78, 5) is 36.3. The van der Waals surface area contributed by atoms with Crippen molar-refractivity contribution in [3.63, 3.8) is 0 Å². The van der Waals surface area contributed by atoms with Gasteiger partial charge >= 0.3 is 0 Å². The smallest absolute Gasteiger partial charge is 0.255 e. The Labute approximate surface area is 169 Å². The number of carbonyl (C=O) groups is 3. The lowest BCUT2D eigenvalue weighted by molar-refractivity contribution is -0.114. The fourth-order valence-corrected chi connectivity index (χ4v) is 2.81. The van der Waals surface area contributed by atoms with Crippen molar-refractivity contribution < 1.29 is 14.4 Å². The summed E-state index contributed by atoms with van der Waals surface area (Å²) in [6.45, 7) is 1.72. The maximum absolute atomic E-state index is 12.7. The van der Waals surface area contributed by atoms with Gasteiger partial charge in [0.2, 0.25) is 5.91 Å². The van der Waals surface area contributed by atoms with Gasteiger partial charge in [-0.2, -0.15) is 0 Å². The van der Waals surface area contributed by atoms with E-state index in [4.69, 9.17) is 0 Å². The van der Waals surface area contributed by atoms with Crippen LogP contribution in [0.2, 0.25) is 0 Å². The highest BCUT2D eigenvalue weighted by atomic mass is 16.2. The third-order valence-corrected chi connectivity index (χ3v) is 4.16. The zero-order chi connectivity index (χ0) is 20.6. The van der Waals surface area contributed by atoms with Crippen LogP contribution in [-0.4, -0.2) is 17.7 Å². The minimum Gasteiger partial charge on any atom is -0.348 e. The summed E-state index contributed by atoms with van der Waals surface area (Å²) in [5.41, 5.74) is 2.83. The number of rotatable bonds is 6. The number of para-hydroxylation sites is 1. The summed E-state index contributed by atoms with van der Waals surface area (Å²) >= 11 is 0. The zero-order valence-electron chi connectivity index (χ0n) is 15.9. The SMILES string of the molecule is CC(=O)Nc1cccc(CNC(=O)c2ccccc2NC(=O)c2ccccc2)c1. The molecular formula is C23H21N3O3. The Balaban J connectivity index is 1.69. The van der Waals surface area contributed by atoms with Gasteiger partial charge in [0, 0.05) is 24.7 Å². The molecule has 0 aliphatic rings. The number of benzene rings is 3. The Kier molecular flexibility index (Phi) is 6.37. The maximum atomic E-state index is 12.7. The molecule has 0 unspecified atom stereocenters. The minimum absolute atomic E-state index is 0.158. The van der Waals surface area contributed by atoms with Gasteiger partial charge in [0.15, 0.2) is 0 Å². The van der Waals surface area contributed by atoms with Crippen LogP contribution in [-0.2, 0) is 11.3 Å². The van der Waals surface area contributed by atoms with Crippen molar-refractivity contribution in [2.75, 3.05) is 10.6 Å². The highest BCUT2D eigenvalue weighted by Gasteiger charge is 2.14. The van der Waals surface area contributed by atoms with Crippen LogP contribution in [0, 0.1) is 0 Å². The molecule has 0 saturated carbocycles. The van der Waals surface area contributed by atoms with E-state index in [1.165, 1.54) is 6.92 Å². The number of hydrogen-bond donors (Lipinski definition) is 3. The van der Waals surface area contributed by atoms with Crippen molar-refractivity contribution >= 4 is 29.1 Å². The molecule has 0 heterocycles. The molecule has 3 aromatic rings. The van der Waals surface area contributed by atoms with Gasteiger partial charge in [-0.25, -0.2) is 0 Å². The highest BCUT2D eigenvalue weighted by molar-refractivity contribution is 6.09. The lowest BCUT2D eigenvalue weighted by Gasteiger charge is -2.12. The third-order valence-electron chi connectivity index (χ3n) is 4.16. The van der Waals surface area contributed by atoms with E-state index in [0.717, 1.165) is 5.56 Å². The summed E-state index contributed by atoms with van der Waals surface area (Å²) in [5, 5.41) is 8.35. The van der Waals surface area contributed by atoms with Crippen LogP contribution in [0.25, 0.3) is 0 Å². The molecule has 0 aliphatic heterocycles. The molecule has 0 radical (unpaired) electrons. The molecule has 3 N–H and O–H groups in total. The molecule has 0 saturated heterocycles. The zero-order valence-corrected chi connectivity index (χ0v) is 15.9. The molecule has 0 spiro atoms. The van der Waals surface area contributed by atoms with E-state index in [1.54, 1.807) is 66.7 Å². The lowest BCUT2D eigenvalue weighted by atomic mass is 10.1. The summed E-state index contributed by atoms with van der Waals surface area (Å²) in [6, 6.07) is 22.9. The quantitative estimate of drug-likeness (QED) is 0.601. The van der Waals surface area contributed by atoms with E-state index in [-0.39, 0.29) is 24.3 Å². The van der Waals surface area contributed by atoms with E-state index in [1.807, 2.05) is 12.1 Å². The first-order chi connectivity index (χ1) is 14.0. The fraction of sp³-hybridized carbons (Fsp3) is 0.0870. The molecule has 0 bridgehead atoms. The number of amides is 3. The van der Waals surface area contributed by atoms with E-state index < -0.39 is 0 Å². The molecule has 3 aromatic carbocycles. The van der Waals surface area contributed by atoms with Crippen molar-refractivity contribution in [2.24, 2.45) is 0 Å². The maximum Gasteiger partial charge on any atom is 0.255 e. The average molecular weight is 387 g/mol. The molecule has 6 heteroatoms. The molecule has 3 amide bonds. The van der Waals surface area contributed by atoms with Gasteiger partial charge in [0.25, 0.3) is 11.8 Å². The highest BCUT2D eigenvalue weighted by Crippen LogP contribution is 2.17. The van der Waals surface area contributed by atoms with Gasteiger partial charge in [-0.15, -0.1) is 0 Å². The Bertz CT molecular complexity index is 1030. The van der Waals surface area contributed by atoms with Gasteiger partial charge < -0.3 is 16.0 Å². The van der Waals surface area contributed by atoms with E-state index in [0.29, 0.717) is 22.5 Å². The van der Waals surface area contributed by atoms with Crippen molar-refractivity contribution in [2.45, 2.75) is 13.5 Å². The van der Waals surface area contributed by atoms with Gasteiger partial charge in [0.05, 0.1) is 11.3 Å². The van der Waals surface area contributed by atoms with Gasteiger partial charge in [-0.05, 0) is 42.0 Å². The molecular weight excluding hydrogens is 366 g/mol. The van der Waals surface area contributed by atoms with Crippen molar-refractivity contribution in [3.8, 4) is 0 Å². The number of hydrogen-bond acceptors (Lipinski definition) is 3. The predicted octanol–water partition coefficient (Wildman–Crippen LogP) is 3.83. The third kappa shape index (κ3) is 5.52. The van der Waals surface area contributed by atoms with Crippen LogP contribution in [0.3, 0.4) is 0 Å². The normalized spacial score (nSPS) is 10.1. The molecule has 3 rings (SSSR count). The Morgan fingerprint density at radius 3 is 2.24 bits per heavy atom. The second-order valence-corrected chi connectivity index (χ2v) is 6.43. The minimum atomic E-state index is -0.307. The van der Waals surface area contributed by atoms with E-state index in [2.05, 4.69) is 16.0 Å². The Morgan fingerprint density at radius 2 is 1.48 bits per heavy atom. The van der Waals surface area contributed by atoms with Crippen LogP contribution in [0.15, 0.2) is 78.9 Å². The topological polar surface area (TPSA) is 87.3 Å². The van der Waals surface area contributed by atoms with Crippen LogP contribution in [0.4, 0.5) is 11.4 Å². The number of carbonyl (C=O) groups excluding carboxylic acids is 3. The number of anilines is 2. The summed E-state index contributed by atoms with van der Waals surface area (Å²) in [6.07, 6.45) is 0. The Hall–Kier alpha value is -3.93.